The van der Waals surface area contributed by atoms with Gasteiger partial charge < -0.3 is 15.3 Å². The number of benzene rings is 1. The summed E-state index contributed by atoms with van der Waals surface area (Å²) in [6, 6.07) is 6.96. The average Bonchev–Trinajstić information content (AvgIpc) is 2.26. The number of hydrogen-bond acceptors (Lipinski definition) is 3. The number of aliphatic hydroxyl groups excluding tert-OH is 3. The summed E-state index contributed by atoms with van der Waals surface area (Å²) in [6.07, 6.45) is -1.82. The lowest BCUT2D eigenvalue weighted by atomic mass is 10.00. The first-order valence-corrected chi connectivity index (χ1v) is 5.43. The van der Waals surface area contributed by atoms with Crippen LogP contribution in [-0.2, 0) is 6.61 Å². The van der Waals surface area contributed by atoms with E-state index in [1.165, 1.54) is 0 Å². The third kappa shape index (κ3) is 2.54. The van der Waals surface area contributed by atoms with E-state index in [2.05, 4.69) is 15.9 Å². The molecule has 14 heavy (non-hydrogen) atoms. The Labute approximate surface area is 91.1 Å². The average molecular weight is 261 g/mol. The molecule has 0 amide bonds. The first kappa shape index (κ1) is 11.7. The van der Waals surface area contributed by atoms with Crippen molar-refractivity contribution in [2.75, 3.05) is 5.33 Å². The molecular formula is C10H13BrO3. The molecule has 0 saturated carbocycles. The predicted molar refractivity (Wildman–Crippen MR) is 57.1 cm³/mol. The smallest absolute Gasteiger partial charge is 0.106 e. The van der Waals surface area contributed by atoms with Crippen LogP contribution in [-0.4, -0.2) is 26.8 Å². The molecule has 0 radical (unpaired) electrons. The largest absolute Gasteiger partial charge is 0.392 e. The molecular weight excluding hydrogens is 248 g/mol. The van der Waals surface area contributed by atoms with Gasteiger partial charge in [-0.3, -0.25) is 0 Å². The number of rotatable bonds is 4. The quantitative estimate of drug-likeness (QED) is 0.708. The van der Waals surface area contributed by atoms with Crippen molar-refractivity contribution >= 4 is 15.9 Å². The van der Waals surface area contributed by atoms with Crippen molar-refractivity contribution in [1.82, 2.24) is 0 Å². The molecule has 0 bridgehead atoms. The van der Waals surface area contributed by atoms with Gasteiger partial charge in [0.25, 0.3) is 0 Å². The summed E-state index contributed by atoms with van der Waals surface area (Å²) in [6.45, 7) is -0.137. The summed E-state index contributed by atoms with van der Waals surface area (Å²) >= 11 is 3.09. The van der Waals surface area contributed by atoms with Crippen LogP contribution in [0.15, 0.2) is 24.3 Å². The molecule has 78 valence electrons. The number of hydrogen-bond donors (Lipinski definition) is 3. The normalized spacial score (nSPS) is 15.1. The summed E-state index contributed by atoms with van der Waals surface area (Å²) in [5.74, 6) is 0. The van der Waals surface area contributed by atoms with Crippen LogP contribution in [0.4, 0.5) is 0 Å². The molecule has 1 aromatic rings. The monoisotopic (exact) mass is 260 g/mol. The van der Waals surface area contributed by atoms with Crippen molar-refractivity contribution in [1.29, 1.82) is 0 Å². The zero-order chi connectivity index (χ0) is 10.6. The van der Waals surface area contributed by atoms with Crippen LogP contribution < -0.4 is 0 Å². The van der Waals surface area contributed by atoms with E-state index in [0.717, 1.165) is 0 Å². The fourth-order valence-electron chi connectivity index (χ4n) is 1.26. The third-order valence-electron chi connectivity index (χ3n) is 2.07. The van der Waals surface area contributed by atoms with E-state index in [9.17, 15) is 10.2 Å². The second-order valence-corrected chi connectivity index (χ2v) is 3.67. The standard InChI is InChI=1S/C10H13BrO3/c11-5-9(13)10(14)8-4-2-1-3-7(8)6-12/h1-4,9-10,12-14H,5-6H2. The van der Waals surface area contributed by atoms with Crippen LogP contribution in [0.5, 0.6) is 0 Å². The maximum absolute atomic E-state index is 9.71. The molecule has 4 heteroatoms. The maximum atomic E-state index is 9.71. The summed E-state index contributed by atoms with van der Waals surface area (Å²) < 4.78 is 0. The Hall–Kier alpha value is -0.420. The Bertz CT molecular complexity index is 290. The van der Waals surface area contributed by atoms with Gasteiger partial charge in [0.1, 0.15) is 6.10 Å². The zero-order valence-corrected chi connectivity index (χ0v) is 9.18. The fourth-order valence-corrected chi connectivity index (χ4v) is 1.61. The van der Waals surface area contributed by atoms with Gasteiger partial charge in [-0.2, -0.15) is 0 Å². The molecule has 1 aromatic carbocycles. The first-order valence-electron chi connectivity index (χ1n) is 4.31. The summed E-state index contributed by atoms with van der Waals surface area (Å²) in [5.41, 5.74) is 1.21. The van der Waals surface area contributed by atoms with Crippen molar-refractivity contribution in [3.63, 3.8) is 0 Å². The van der Waals surface area contributed by atoms with E-state index in [-0.39, 0.29) is 6.61 Å². The SMILES string of the molecule is OCc1ccccc1C(O)C(O)CBr. The highest BCUT2D eigenvalue weighted by atomic mass is 79.9. The molecule has 2 unspecified atom stereocenters. The van der Waals surface area contributed by atoms with Gasteiger partial charge in [0.15, 0.2) is 0 Å². The Morgan fingerprint density at radius 3 is 2.43 bits per heavy atom. The van der Waals surface area contributed by atoms with Crippen molar-refractivity contribution in [2.24, 2.45) is 0 Å². The van der Waals surface area contributed by atoms with Gasteiger partial charge in [-0.15, -0.1) is 0 Å². The van der Waals surface area contributed by atoms with E-state index in [4.69, 9.17) is 5.11 Å². The van der Waals surface area contributed by atoms with E-state index in [0.29, 0.717) is 16.5 Å². The van der Waals surface area contributed by atoms with E-state index >= 15 is 0 Å². The number of alkyl halides is 1. The highest BCUT2D eigenvalue weighted by molar-refractivity contribution is 9.09. The van der Waals surface area contributed by atoms with Crippen LogP contribution in [0.1, 0.15) is 17.2 Å². The van der Waals surface area contributed by atoms with Crippen molar-refractivity contribution in [3.05, 3.63) is 35.4 Å². The second-order valence-electron chi connectivity index (χ2n) is 3.02. The Morgan fingerprint density at radius 2 is 1.86 bits per heavy atom. The Balaban J connectivity index is 2.93. The van der Waals surface area contributed by atoms with Crippen molar-refractivity contribution in [2.45, 2.75) is 18.8 Å². The summed E-state index contributed by atoms with van der Waals surface area (Å²) in [4.78, 5) is 0. The Morgan fingerprint density at radius 1 is 1.21 bits per heavy atom. The third-order valence-corrected chi connectivity index (χ3v) is 2.73. The molecule has 0 aliphatic rings. The molecule has 0 aliphatic heterocycles. The van der Waals surface area contributed by atoms with Gasteiger partial charge in [0, 0.05) is 5.33 Å². The second kappa shape index (κ2) is 5.46. The minimum atomic E-state index is -0.960. The van der Waals surface area contributed by atoms with Gasteiger partial charge in [-0.05, 0) is 11.1 Å². The van der Waals surface area contributed by atoms with Crippen LogP contribution in [0.25, 0.3) is 0 Å². The zero-order valence-electron chi connectivity index (χ0n) is 7.60. The van der Waals surface area contributed by atoms with E-state index < -0.39 is 12.2 Å². The number of halogens is 1. The minimum absolute atomic E-state index is 0.137. The highest BCUT2D eigenvalue weighted by Gasteiger charge is 2.19. The minimum Gasteiger partial charge on any atom is -0.392 e. The molecule has 0 aromatic heterocycles. The van der Waals surface area contributed by atoms with Gasteiger partial charge >= 0.3 is 0 Å². The lowest BCUT2D eigenvalue weighted by molar-refractivity contribution is 0.0330. The Kier molecular flexibility index (Phi) is 4.54. The molecule has 3 N–H and O–H groups in total. The van der Waals surface area contributed by atoms with Crippen LogP contribution >= 0.6 is 15.9 Å². The molecule has 0 saturated heterocycles. The van der Waals surface area contributed by atoms with Crippen molar-refractivity contribution < 1.29 is 15.3 Å². The van der Waals surface area contributed by atoms with Crippen LogP contribution in [0.2, 0.25) is 0 Å². The van der Waals surface area contributed by atoms with Gasteiger partial charge in [0.2, 0.25) is 0 Å². The molecule has 0 heterocycles. The molecule has 2 atom stereocenters. The molecule has 0 aliphatic carbocycles. The molecule has 0 fully saturated rings. The van der Waals surface area contributed by atoms with E-state index in [1.54, 1.807) is 24.3 Å². The summed E-state index contributed by atoms with van der Waals surface area (Å²) in [7, 11) is 0. The summed E-state index contributed by atoms with van der Waals surface area (Å²) in [5, 5.41) is 28.4. The van der Waals surface area contributed by atoms with E-state index in [1.807, 2.05) is 0 Å². The molecule has 1 rings (SSSR count). The van der Waals surface area contributed by atoms with Crippen LogP contribution in [0.3, 0.4) is 0 Å². The molecule has 3 nitrogen and oxygen atoms in total. The van der Waals surface area contributed by atoms with Gasteiger partial charge in [-0.25, -0.2) is 0 Å². The maximum Gasteiger partial charge on any atom is 0.106 e. The molecule has 0 spiro atoms. The lowest BCUT2D eigenvalue weighted by Crippen LogP contribution is -2.20. The van der Waals surface area contributed by atoms with Gasteiger partial charge in [0.05, 0.1) is 12.7 Å². The number of aliphatic hydroxyl groups is 3. The van der Waals surface area contributed by atoms with Gasteiger partial charge in [-0.1, -0.05) is 40.2 Å². The van der Waals surface area contributed by atoms with Crippen LogP contribution in [0, 0.1) is 0 Å². The first-order chi connectivity index (χ1) is 6.70. The fraction of sp³-hybridized carbons (Fsp3) is 0.400. The predicted octanol–water partition coefficient (Wildman–Crippen LogP) is 0.968. The lowest BCUT2D eigenvalue weighted by Gasteiger charge is -2.18. The highest BCUT2D eigenvalue weighted by Crippen LogP contribution is 2.21. The topological polar surface area (TPSA) is 60.7 Å². The van der Waals surface area contributed by atoms with Crippen molar-refractivity contribution in [3.8, 4) is 0 Å².